The first-order chi connectivity index (χ1) is 9.30. The highest BCUT2D eigenvalue weighted by Crippen LogP contribution is 2.31. The fraction of sp³-hybridized carbons (Fsp3) is 0.571. The highest BCUT2D eigenvalue weighted by molar-refractivity contribution is 5.42. The molecule has 0 aliphatic carbocycles. The SMILES string of the molecule is COc1ccnc(CN2CCCCC2C#N)c1OC. The molecule has 1 saturated heterocycles. The number of hydrogen-bond donors (Lipinski definition) is 0. The Hall–Kier alpha value is -1.80. The molecule has 2 heterocycles. The molecule has 1 fully saturated rings. The van der Waals surface area contributed by atoms with E-state index in [4.69, 9.17) is 9.47 Å². The molecule has 2 rings (SSSR count). The van der Waals surface area contributed by atoms with Crippen molar-refractivity contribution in [2.45, 2.75) is 31.8 Å². The average Bonchev–Trinajstić information content (AvgIpc) is 2.47. The third-order valence-corrected chi connectivity index (χ3v) is 3.48. The summed E-state index contributed by atoms with van der Waals surface area (Å²) in [6, 6.07) is 4.12. The summed E-state index contributed by atoms with van der Waals surface area (Å²) < 4.78 is 10.7. The maximum absolute atomic E-state index is 9.20. The van der Waals surface area contributed by atoms with Gasteiger partial charge < -0.3 is 9.47 Å². The van der Waals surface area contributed by atoms with Crippen LogP contribution in [-0.4, -0.2) is 36.7 Å². The molecular weight excluding hydrogens is 242 g/mol. The zero-order chi connectivity index (χ0) is 13.7. The van der Waals surface area contributed by atoms with Gasteiger partial charge in [-0.25, -0.2) is 0 Å². The van der Waals surface area contributed by atoms with E-state index in [9.17, 15) is 5.26 Å². The second kappa shape index (κ2) is 6.39. The van der Waals surface area contributed by atoms with Crippen molar-refractivity contribution in [2.75, 3.05) is 20.8 Å². The lowest BCUT2D eigenvalue weighted by Gasteiger charge is -2.31. The van der Waals surface area contributed by atoms with Gasteiger partial charge in [0.1, 0.15) is 5.69 Å². The summed E-state index contributed by atoms with van der Waals surface area (Å²) in [6.45, 7) is 1.55. The number of methoxy groups -OCH3 is 2. The second-order valence-electron chi connectivity index (χ2n) is 4.60. The summed E-state index contributed by atoms with van der Waals surface area (Å²) in [5, 5.41) is 9.20. The number of hydrogen-bond acceptors (Lipinski definition) is 5. The second-order valence-corrected chi connectivity index (χ2v) is 4.60. The van der Waals surface area contributed by atoms with Crippen molar-refractivity contribution >= 4 is 0 Å². The molecule has 1 aromatic heterocycles. The van der Waals surface area contributed by atoms with Gasteiger partial charge in [0.2, 0.25) is 0 Å². The third-order valence-electron chi connectivity index (χ3n) is 3.48. The molecule has 0 spiro atoms. The number of aromatic nitrogens is 1. The van der Waals surface area contributed by atoms with E-state index >= 15 is 0 Å². The first-order valence-corrected chi connectivity index (χ1v) is 6.49. The van der Waals surface area contributed by atoms with Crippen LogP contribution < -0.4 is 9.47 Å². The van der Waals surface area contributed by atoms with Crippen LogP contribution in [0.4, 0.5) is 0 Å². The number of ether oxygens (including phenoxy) is 2. The number of nitriles is 1. The minimum absolute atomic E-state index is 0.0218. The van der Waals surface area contributed by atoms with Gasteiger partial charge in [-0.05, 0) is 25.8 Å². The lowest BCUT2D eigenvalue weighted by Crippen LogP contribution is -2.38. The summed E-state index contributed by atoms with van der Waals surface area (Å²) in [5.41, 5.74) is 0.823. The molecule has 0 aromatic carbocycles. The monoisotopic (exact) mass is 261 g/mol. The van der Waals surface area contributed by atoms with E-state index in [0.29, 0.717) is 18.0 Å². The summed E-state index contributed by atoms with van der Waals surface area (Å²) >= 11 is 0. The molecule has 1 unspecified atom stereocenters. The van der Waals surface area contributed by atoms with Gasteiger partial charge in [0.05, 0.1) is 26.3 Å². The molecule has 1 aliphatic heterocycles. The fourth-order valence-electron chi connectivity index (χ4n) is 2.48. The Kier molecular flexibility index (Phi) is 4.58. The van der Waals surface area contributed by atoms with Gasteiger partial charge in [-0.1, -0.05) is 0 Å². The van der Waals surface area contributed by atoms with Gasteiger partial charge in [-0.3, -0.25) is 9.88 Å². The zero-order valence-electron chi connectivity index (χ0n) is 11.4. The first kappa shape index (κ1) is 13.6. The number of pyridine rings is 1. The van der Waals surface area contributed by atoms with E-state index in [-0.39, 0.29) is 6.04 Å². The van der Waals surface area contributed by atoms with Crippen molar-refractivity contribution in [3.63, 3.8) is 0 Å². The van der Waals surface area contributed by atoms with Crippen LogP contribution in [0.3, 0.4) is 0 Å². The molecule has 0 saturated carbocycles. The fourth-order valence-corrected chi connectivity index (χ4v) is 2.48. The van der Waals surface area contributed by atoms with Crippen LogP contribution in [0.25, 0.3) is 0 Å². The number of likely N-dealkylation sites (tertiary alicyclic amines) is 1. The van der Waals surface area contributed by atoms with E-state index in [0.717, 1.165) is 31.5 Å². The molecule has 5 nitrogen and oxygen atoms in total. The number of rotatable bonds is 4. The Morgan fingerprint density at radius 1 is 1.42 bits per heavy atom. The summed E-state index contributed by atoms with van der Waals surface area (Å²) in [7, 11) is 3.22. The molecule has 0 N–H and O–H groups in total. The van der Waals surface area contributed by atoms with E-state index in [1.54, 1.807) is 26.5 Å². The Morgan fingerprint density at radius 2 is 2.26 bits per heavy atom. The maximum atomic E-state index is 9.20. The van der Waals surface area contributed by atoms with Gasteiger partial charge in [-0.2, -0.15) is 5.26 Å². The topological polar surface area (TPSA) is 58.4 Å². The maximum Gasteiger partial charge on any atom is 0.183 e. The zero-order valence-corrected chi connectivity index (χ0v) is 11.4. The van der Waals surface area contributed by atoms with Crippen molar-refractivity contribution < 1.29 is 9.47 Å². The van der Waals surface area contributed by atoms with Crippen LogP contribution in [0.15, 0.2) is 12.3 Å². The van der Waals surface area contributed by atoms with Crippen molar-refractivity contribution in [1.82, 2.24) is 9.88 Å². The first-order valence-electron chi connectivity index (χ1n) is 6.49. The minimum Gasteiger partial charge on any atom is -0.493 e. The summed E-state index contributed by atoms with van der Waals surface area (Å²) in [6.07, 6.45) is 4.90. The molecule has 1 atom stereocenters. The highest BCUT2D eigenvalue weighted by atomic mass is 16.5. The summed E-state index contributed by atoms with van der Waals surface area (Å²) in [5.74, 6) is 1.34. The van der Waals surface area contributed by atoms with Gasteiger partial charge >= 0.3 is 0 Å². The van der Waals surface area contributed by atoms with Crippen LogP contribution in [0.1, 0.15) is 25.0 Å². The molecule has 0 radical (unpaired) electrons. The molecule has 1 aliphatic rings. The lowest BCUT2D eigenvalue weighted by molar-refractivity contribution is 0.172. The number of nitrogens with zero attached hydrogens (tertiary/aromatic N) is 3. The molecule has 1 aromatic rings. The Balaban J connectivity index is 2.20. The van der Waals surface area contributed by atoms with Crippen LogP contribution in [-0.2, 0) is 6.54 Å². The molecular formula is C14H19N3O2. The smallest absolute Gasteiger partial charge is 0.183 e. The van der Waals surface area contributed by atoms with Gasteiger partial charge in [0.15, 0.2) is 11.5 Å². The van der Waals surface area contributed by atoms with Crippen molar-refractivity contribution in [1.29, 1.82) is 5.26 Å². The highest BCUT2D eigenvalue weighted by Gasteiger charge is 2.24. The number of piperidine rings is 1. The third kappa shape index (κ3) is 2.96. The summed E-state index contributed by atoms with van der Waals surface area (Å²) in [4.78, 5) is 6.53. The quantitative estimate of drug-likeness (QED) is 0.829. The van der Waals surface area contributed by atoms with Crippen LogP contribution >= 0.6 is 0 Å². The van der Waals surface area contributed by atoms with E-state index in [2.05, 4.69) is 16.0 Å². The van der Waals surface area contributed by atoms with E-state index in [1.807, 2.05) is 0 Å². The normalized spacial score (nSPS) is 19.7. The Labute approximate surface area is 113 Å². The van der Waals surface area contributed by atoms with Crippen molar-refractivity contribution in [2.24, 2.45) is 0 Å². The predicted octanol–water partition coefficient (Wildman–Crippen LogP) is 1.98. The lowest BCUT2D eigenvalue weighted by atomic mass is 10.0. The van der Waals surface area contributed by atoms with Crippen molar-refractivity contribution in [3.05, 3.63) is 18.0 Å². The predicted molar refractivity (Wildman–Crippen MR) is 71.0 cm³/mol. The largest absolute Gasteiger partial charge is 0.493 e. The van der Waals surface area contributed by atoms with Gasteiger partial charge in [-0.15, -0.1) is 0 Å². The molecule has 0 bridgehead atoms. The minimum atomic E-state index is -0.0218. The van der Waals surface area contributed by atoms with Crippen LogP contribution in [0.5, 0.6) is 11.5 Å². The van der Waals surface area contributed by atoms with E-state index in [1.165, 1.54) is 0 Å². The average molecular weight is 261 g/mol. The van der Waals surface area contributed by atoms with Crippen LogP contribution in [0, 0.1) is 11.3 Å². The standard InChI is InChI=1S/C14H19N3O2/c1-18-13-6-7-16-12(14(13)19-2)10-17-8-4-3-5-11(17)9-15/h6-7,11H,3-5,8,10H2,1-2H3. The molecule has 0 amide bonds. The van der Waals surface area contributed by atoms with Gasteiger partial charge in [0, 0.05) is 18.8 Å². The van der Waals surface area contributed by atoms with Gasteiger partial charge in [0.25, 0.3) is 0 Å². The van der Waals surface area contributed by atoms with Crippen molar-refractivity contribution in [3.8, 4) is 17.6 Å². The van der Waals surface area contributed by atoms with Crippen LogP contribution in [0.2, 0.25) is 0 Å². The Morgan fingerprint density at radius 3 is 2.95 bits per heavy atom. The molecule has 102 valence electrons. The van der Waals surface area contributed by atoms with E-state index < -0.39 is 0 Å². The Bertz CT molecular complexity index is 470. The molecule has 19 heavy (non-hydrogen) atoms. The molecule has 5 heteroatoms.